The summed E-state index contributed by atoms with van der Waals surface area (Å²) >= 11 is 0. The molecule has 1 aliphatic rings. The Hall–Kier alpha value is -3.85. The summed E-state index contributed by atoms with van der Waals surface area (Å²) in [6, 6.07) is 15.0. The van der Waals surface area contributed by atoms with Crippen molar-refractivity contribution < 1.29 is 14.2 Å². The van der Waals surface area contributed by atoms with Crippen LogP contribution in [0.2, 0.25) is 0 Å². The number of anilines is 1. The minimum absolute atomic E-state index is 0. The van der Waals surface area contributed by atoms with Gasteiger partial charge in [0.1, 0.15) is 23.8 Å². The van der Waals surface area contributed by atoms with Gasteiger partial charge in [-0.3, -0.25) is 0 Å². The Labute approximate surface area is 203 Å². The Bertz CT molecular complexity index is 1290. The average molecular weight is 480 g/mol. The number of nitriles is 2. The molecular formula is C25H23ClFN5O2. The second-order valence-electron chi connectivity index (χ2n) is 7.89. The minimum atomic E-state index is -0.657. The molecule has 7 nitrogen and oxygen atoms in total. The van der Waals surface area contributed by atoms with Gasteiger partial charge in [-0.15, -0.1) is 12.4 Å². The van der Waals surface area contributed by atoms with E-state index in [1.165, 1.54) is 25.3 Å². The Balaban J connectivity index is 0.00000324. The molecule has 2 aromatic carbocycles. The molecule has 0 unspecified atom stereocenters. The first kappa shape index (κ1) is 24.8. The zero-order valence-electron chi connectivity index (χ0n) is 18.5. The van der Waals surface area contributed by atoms with Gasteiger partial charge >= 0.3 is 0 Å². The summed E-state index contributed by atoms with van der Waals surface area (Å²) in [5.74, 6) is 0.0832. The summed E-state index contributed by atoms with van der Waals surface area (Å²) in [6.45, 7) is 1.32. The fourth-order valence-corrected chi connectivity index (χ4v) is 3.99. The first-order chi connectivity index (χ1) is 15.9. The van der Waals surface area contributed by atoms with Crippen LogP contribution in [0.3, 0.4) is 0 Å². The van der Waals surface area contributed by atoms with E-state index in [0.717, 1.165) is 12.8 Å². The number of aromatic nitrogens is 1. The molecule has 34 heavy (non-hydrogen) atoms. The molecule has 0 spiro atoms. The van der Waals surface area contributed by atoms with Crippen molar-refractivity contribution >= 4 is 18.2 Å². The lowest BCUT2D eigenvalue weighted by Gasteiger charge is -2.32. The molecule has 3 N–H and O–H groups in total. The molecule has 174 valence electrons. The molecule has 9 heteroatoms. The second-order valence-corrected chi connectivity index (χ2v) is 7.89. The molecule has 1 aliphatic heterocycles. The number of halogens is 2. The predicted octanol–water partition coefficient (Wildman–Crippen LogP) is 4.36. The normalized spacial score (nSPS) is 13.5. The number of piperidine rings is 1. The van der Waals surface area contributed by atoms with E-state index in [-0.39, 0.29) is 29.8 Å². The second kappa shape index (κ2) is 10.4. The van der Waals surface area contributed by atoms with Gasteiger partial charge in [0, 0.05) is 30.3 Å². The van der Waals surface area contributed by atoms with Crippen molar-refractivity contribution in [2.45, 2.75) is 18.9 Å². The standard InChI is InChI=1S/C25H22FN5O2.ClH/c1-33-23-5-4-15(12-22(23)32)20-10-18(14-28)25(31-8-6-19(29)7-9-31)30-24(20)16-2-3-17(13-27)21(26)11-16;/h2-5,10-12,19,32H,6-9,29H2,1H3;1H. The number of nitrogens with zero attached hydrogens (tertiary/aromatic N) is 4. The number of nitrogens with two attached hydrogens (primary N) is 1. The van der Waals surface area contributed by atoms with E-state index in [0.29, 0.717) is 52.6 Å². The molecule has 0 amide bonds. The van der Waals surface area contributed by atoms with Crippen LogP contribution in [-0.2, 0) is 0 Å². The third-order valence-corrected chi connectivity index (χ3v) is 5.81. The van der Waals surface area contributed by atoms with Crippen LogP contribution < -0.4 is 15.4 Å². The predicted molar refractivity (Wildman–Crippen MR) is 129 cm³/mol. The Morgan fingerprint density at radius 2 is 1.74 bits per heavy atom. The van der Waals surface area contributed by atoms with Crippen LogP contribution >= 0.6 is 12.4 Å². The number of ether oxygens (including phenoxy) is 1. The number of pyridine rings is 1. The Kier molecular flexibility index (Phi) is 7.57. The molecule has 1 saturated heterocycles. The highest BCUT2D eigenvalue weighted by atomic mass is 35.5. The molecule has 0 bridgehead atoms. The number of benzene rings is 2. The summed E-state index contributed by atoms with van der Waals surface area (Å²) in [6.07, 6.45) is 1.56. The molecular weight excluding hydrogens is 457 g/mol. The highest BCUT2D eigenvalue weighted by Crippen LogP contribution is 2.39. The van der Waals surface area contributed by atoms with Crippen LogP contribution in [0.5, 0.6) is 11.5 Å². The largest absolute Gasteiger partial charge is 0.504 e. The lowest BCUT2D eigenvalue weighted by atomic mass is 9.96. The number of aromatic hydroxyl groups is 1. The van der Waals surface area contributed by atoms with Gasteiger partial charge in [-0.05, 0) is 48.7 Å². The van der Waals surface area contributed by atoms with Gasteiger partial charge in [0.25, 0.3) is 0 Å². The van der Waals surface area contributed by atoms with Crippen molar-refractivity contribution in [1.29, 1.82) is 10.5 Å². The topological polar surface area (TPSA) is 119 Å². The highest BCUT2D eigenvalue weighted by molar-refractivity contribution is 5.85. The highest BCUT2D eigenvalue weighted by Gasteiger charge is 2.23. The van der Waals surface area contributed by atoms with Gasteiger partial charge in [0.05, 0.1) is 23.9 Å². The molecule has 0 radical (unpaired) electrons. The van der Waals surface area contributed by atoms with Crippen LogP contribution in [0.25, 0.3) is 22.4 Å². The van der Waals surface area contributed by atoms with Gasteiger partial charge in [-0.1, -0.05) is 12.1 Å². The molecule has 4 rings (SSSR count). The fourth-order valence-electron chi connectivity index (χ4n) is 3.99. The van der Waals surface area contributed by atoms with E-state index in [9.17, 15) is 14.8 Å². The summed E-state index contributed by atoms with van der Waals surface area (Å²) in [5.41, 5.74) is 8.36. The molecule has 0 saturated carbocycles. The maximum atomic E-state index is 14.5. The van der Waals surface area contributed by atoms with Crippen molar-refractivity contribution in [3.05, 3.63) is 59.4 Å². The van der Waals surface area contributed by atoms with Gasteiger partial charge < -0.3 is 20.5 Å². The van der Waals surface area contributed by atoms with E-state index in [2.05, 4.69) is 6.07 Å². The van der Waals surface area contributed by atoms with Crippen LogP contribution in [-0.4, -0.2) is 36.3 Å². The van der Waals surface area contributed by atoms with Gasteiger partial charge in [0.15, 0.2) is 11.5 Å². The van der Waals surface area contributed by atoms with Crippen molar-refractivity contribution in [2.24, 2.45) is 5.73 Å². The van der Waals surface area contributed by atoms with E-state index < -0.39 is 5.82 Å². The molecule has 1 aromatic heterocycles. The quantitative estimate of drug-likeness (QED) is 0.570. The molecule has 3 aromatic rings. The van der Waals surface area contributed by atoms with E-state index >= 15 is 0 Å². The minimum Gasteiger partial charge on any atom is -0.504 e. The SMILES string of the molecule is COc1ccc(-c2cc(C#N)c(N3CCC(N)CC3)nc2-c2ccc(C#N)c(F)c2)cc1O.Cl. The number of hydrogen-bond acceptors (Lipinski definition) is 7. The van der Waals surface area contributed by atoms with Crippen molar-refractivity contribution in [2.75, 3.05) is 25.1 Å². The lowest BCUT2D eigenvalue weighted by Crippen LogP contribution is -2.40. The van der Waals surface area contributed by atoms with Crippen LogP contribution in [0, 0.1) is 28.5 Å². The van der Waals surface area contributed by atoms with Crippen molar-refractivity contribution in [3.8, 4) is 46.0 Å². The smallest absolute Gasteiger partial charge is 0.160 e. The van der Waals surface area contributed by atoms with Crippen LogP contribution in [0.4, 0.5) is 10.2 Å². The molecule has 0 atom stereocenters. The number of phenols is 1. The van der Waals surface area contributed by atoms with Gasteiger partial charge in [-0.25, -0.2) is 9.37 Å². The summed E-state index contributed by atoms with van der Waals surface area (Å²) in [5, 5.41) is 29.3. The monoisotopic (exact) mass is 479 g/mol. The summed E-state index contributed by atoms with van der Waals surface area (Å²) in [7, 11) is 1.45. The first-order valence-electron chi connectivity index (χ1n) is 10.5. The van der Waals surface area contributed by atoms with E-state index in [1.54, 1.807) is 24.3 Å². The summed E-state index contributed by atoms with van der Waals surface area (Å²) in [4.78, 5) is 6.82. The Morgan fingerprint density at radius 3 is 2.32 bits per heavy atom. The van der Waals surface area contributed by atoms with E-state index in [1.807, 2.05) is 11.0 Å². The number of hydrogen-bond donors (Lipinski definition) is 2. The average Bonchev–Trinajstić information content (AvgIpc) is 2.83. The first-order valence-corrected chi connectivity index (χ1v) is 10.5. The maximum absolute atomic E-state index is 14.5. The molecule has 1 fully saturated rings. The molecule has 0 aliphatic carbocycles. The number of rotatable bonds is 4. The van der Waals surface area contributed by atoms with Crippen molar-refractivity contribution in [1.82, 2.24) is 4.98 Å². The van der Waals surface area contributed by atoms with E-state index in [4.69, 9.17) is 20.7 Å². The van der Waals surface area contributed by atoms with Crippen LogP contribution in [0.15, 0.2) is 42.5 Å². The Morgan fingerprint density at radius 1 is 1.06 bits per heavy atom. The third kappa shape index (κ3) is 4.74. The van der Waals surface area contributed by atoms with Crippen molar-refractivity contribution in [3.63, 3.8) is 0 Å². The summed E-state index contributed by atoms with van der Waals surface area (Å²) < 4.78 is 19.6. The van der Waals surface area contributed by atoms with Crippen LogP contribution in [0.1, 0.15) is 24.0 Å². The lowest BCUT2D eigenvalue weighted by molar-refractivity contribution is 0.373. The zero-order chi connectivity index (χ0) is 23.5. The maximum Gasteiger partial charge on any atom is 0.160 e. The zero-order valence-corrected chi connectivity index (χ0v) is 19.3. The van der Waals surface area contributed by atoms with Gasteiger partial charge in [0.2, 0.25) is 0 Å². The van der Waals surface area contributed by atoms with Gasteiger partial charge in [-0.2, -0.15) is 10.5 Å². The fraction of sp³-hybridized carbons (Fsp3) is 0.240. The molecule has 2 heterocycles. The number of phenolic OH excluding ortho intramolecular Hbond substituents is 1. The third-order valence-electron chi connectivity index (χ3n) is 5.81. The number of methoxy groups -OCH3 is 1.